The molecule has 0 fully saturated rings. The van der Waals surface area contributed by atoms with Gasteiger partial charge in [-0.3, -0.25) is 4.79 Å². The number of aryl methyl sites for hydroxylation is 2. The third-order valence-corrected chi connectivity index (χ3v) is 6.95. The zero-order valence-corrected chi connectivity index (χ0v) is 20.0. The quantitative estimate of drug-likeness (QED) is 0.284. The number of para-hydroxylation sites is 1. The molecule has 6 heteroatoms. The van der Waals surface area contributed by atoms with E-state index in [0.29, 0.717) is 22.7 Å². The molecule has 0 atom stereocenters. The van der Waals surface area contributed by atoms with Crippen molar-refractivity contribution in [2.45, 2.75) is 13.8 Å². The maximum atomic E-state index is 13.3. The Kier molecular flexibility index (Phi) is 5.16. The fraction of sp³-hybridized carbons (Fsp3) is 0.0690. The first-order chi connectivity index (χ1) is 17.0. The molecule has 0 spiro atoms. The number of benzene rings is 3. The van der Waals surface area contributed by atoms with Crippen molar-refractivity contribution in [2.75, 3.05) is 5.32 Å². The van der Waals surface area contributed by atoms with Crippen LogP contribution in [0.15, 0.2) is 89.3 Å². The van der Waals surface area contributed by atoms with Gasteiger partial charge in [0.05, 0.1) is 21.3 Å². The van der Waals surface area contributed by atoms with Crippen molar-refractivity contribution in [3.63, 3.8) is 0 Å². The Morgan fingerprint density at radius 3 is 2.49 bits per heavy atom. The smallest absolute Gasteiger partial charge is 0.256 e. The maximum Gasteiger partial charge on any atom is 0.256 e. The number of hydrogen-bond acceptors (Lipinski definition) is 5. The molecule has 0 unspecified atom stereocenters. The number of rotatable bonds is 4. The van der Waals surface area contributed by atoms with Crippen molar-refractivity contribution >= 4 is 44.1 Å². The molecule has 0 saturated heterocycles. The van der Waals surface area contributed by atoms with Crippen LogP contribution in [0.1, 0.15) is 21.7 Å². The molecule has 1 N–H and O–H groups in total. The lowest BCUT2D eigenvalue weighted by molar-refractivity contribution is 0.102. The highest BCUT2D eigenvalue weighted by Gasteiger charge is 2.16. The van der Waals surface area contributed by atoms with Gasteiger partial charge >= 0.3 is 0 Å². The van der Waals surface area contributed by atoms with Crippen LogP contribution in [0.3, 0.4) is 0 Å². The molecule has 6 aromatic rings. The van der Waals surface area contributed by atoms with Gasteiger partial charge in [0.2, 0.25) is 0 Å². The van der Waals surface area contributed by atoms with Gasteiger partial charge in [0.15, 0.2) is 5.76 Å². The molecule has 6 rings (SSSR count). The Morgan fingerprint density at radius 2 is 1.69 bits per heavy atom. The number of nitrogens with one attached hydrogen (secondary N) is 1. The van der Waals surface area contributed by atoms with Crippen LogP contribution < -0.4 is 5.32 Å². The molecule has 0 radical (unpaired) electrons. The Balaban J connectivity index is 1.30. The van der Waals surface area contributed by atoms with Crippen LogP contribution >= 0.6 is 11.3 Å². The lowest BCUT2D eigenvalue weighted by Crippen LogP contribution is -2.13. The van der Waals surface area contributed by atoms with Gasteiger partial charge in [0.25, 0.3) is 5.91 Å². The zero-order chi connectivity index (χ0) is 23.9. The molecular weight excluding hydrogens is 454 g/mol. The van der Waals surface area contributed by atoms with E-state index >= 15 is 0 Å². The predicted molar refractivity (Wildman–Crippen MR) is 142 cm³/mol. The minimum absolute atomic E-state index is 0.198. The lowest BCUT2D eigenvalue weighted by atomic mass is 10.1. The highest BCUT2D eigenvalue weighted by atomic mass is 32.1. The van der Waals surface area contributed by atoms with E-state index in [1.165, 1.54) is 10.3 Å². The molecule has 0 aliphatic heterocycles. The van der Waals surface area contributed by atoms with E-state index in [9.17, 15) is 4.79 Å². The first-order valence-corrected chi connectivity index (χ1v) is 12.1. The molecule has 0 aliphatic rings. The molecule has 35 heavy (non-hydrogen) atoms. The predicted octanol–water partition coefficient (Wildman–Crippen LogP) is 7.64. The van der Waals surface area contributed by atoms with Crippen molar-refractivity contribution in [3.05, 3.63) is 102 Å². The van der Waals surface area contributed by atoms with Gasteiger partial charge in [-0.15, -0.1) is 11.3 Å². The Morgan fingerprint density at radius 1 is 0.857 bits per heavy atom. The van der Waals surface area contributed by atoms with Crippen LogP contribution in [0.25, 0.3) is 43.1 Å². The van der Waals surface area contributed by atoms with Crippen molar-refractivity contribution in [2.24, 2.45) is 0 Å². The number of furan rings is 1. The molecule has 5 nitrogen and oxygen atoms in total. The third kappa shape index (κ3) is 4.09. The van der Waals surface area contributed by atoms with E-state index in [4.69, 9.17) is 14.4 Å². The number of pyridine rings is 1. The summed E-state index contributed by atoms with van der Waals surface area (Å²) in [5.41, 5.74) is 5.87. The van der Waals surface area contributed by atoms with Crippen molar-refractivity contribution < 1.29 is 9.21 Å². The van der Waals surface area contributed by atoms with Gasteiger partial charge in [0, 0.05) is 16.6 Å². The minimum Gasteiger partial charge on any atom is -0.460 e. The second kappa shape index (κ2) is 8.49. The van der Waals surface area contributed by atoms with Gasteiger partial charge < -0.3 is 9.73 Å². The molecule has 0 aliphatic carbocycles. The zero-order valence-electron chi connectivity index (χ0n) is 19.2. The molecule has 170 valence electrons. The maximum absolute atomic E-state index is 13.3. The van der Waals surface area contributed by atoms with Crippen LogP contribution in [-0.4, -0.2) is 15.9 Å². The molecule has 0 bridgehead atoms. The van der Waals surface area contributed by atoms with Gasteiger partial charge in [-0.05, 0) is 80.1 Å². The number of carbonyl (C=O) groups is 1. The summed E-state index contributed by atoms with van der Waals surface area (Å²) in [6.45, 7) is 3.97. The largest absolute Gasteiger partial charge is 0.460 e. The number of amides is 1. The van der Waals surface area contributed by atoms with E-state index in [2.05, 4.69) is 30.4 Å². The lowest BCUT2D eigenvalue weighted by Gasteiger charge is -2.10. The fourth-order valence-electron chi connectivity index (χ4n) is 4.11. The number of aromatic nitrogens is 2. The van der Waals surface area contributed by atoms with Crippen LogP contribution in [0, 0.1) is 13.8 Å². The Hall–Kier alpha value is -4.29. The number of anilines is 1. The number of hydrogen-bond donors (Lipinski definition) is 1. The second-order valence-corrected chi connectivity index (χ2v) is 9.53. The van der Waals surface area contributed by atoms with E-state index in [1.54, 1.807) is 17.4 Å². The summed E-state index contributed by atoms with van der Waals surface area (Å²) < 4.78 is 6.93. The summed E-state index contributed by atoms with van der Waals surface area (Å²) >= 11 is 1.67. The highest BCUT2D eigenvalue weighted by Crippen LogP contribution is 2.32. The van der Waals surface area contributed by atoms with Crippen LogP contribution in [0.5, 0.6) is 0 Å². The minimum atomic E-state index is -0.198. The monoisotopic (exact) mass is 475 g/mol. The highest BCUT2D eigenvalue weighted by molar-refractivity contribution is 7.21. The standard InChI is InChI=1S/C29H21N3O2S/c1-17-7-13-24-27(15-17)35-29(32-24)19-9-11-20(12-10-19)30-28(33)22-16-25(26-14-8-18(2)34-26)31-23-6-4-3-5-21(22)23/h3-16H,1-2H3,(H,30,33). The van der Waals surface area contributed by atoms with E-state index in [0.717, 1.165) is 32.8 Å². The van der Waals surface area contributed by atoms with E-state index in [1.807, 2.05) is 67.6 Å². The fourth-order valence-corrected chi connectivity index (χ4v) is 5.18. The molecular formula is C29H21N3O2S. The Labute approximate surface area is 206 Å². The number of thiazole rings is 1. The third-order valence-electron chi connectivity index (χ3n) is 5.89. The van der Waals surface area contributed by atoms with Gasteiger partial charge in [-0.2, -0.15) is 0 Å². The van der Waals surface area contributed by atoms with Crippen molar-refractivity contribution in [1.29, 1.82) is 0 Å². The van der Waals surface area contributed by atoms with E-state index < -0.39 is 0 Å². The van der Waals surface area contributed by atoms with Crippen molar-refractivity contribution in [1.82, 2.24) is 9.97 Å². The first-order valence-electron chi connectivity index (χ1n) is 11.3. The normalized spacial score (nSPS) is 11.3. The summed E-state index contributed by atoms with van der Waals surface area (Å²) in [6, 6.07) is 27.3. The molecule has 3 aromatic heterocycles. The SMILES string of the molecule is Cc1ccc2nc(-c3ccc(NC(=O)c4cc(-c5ccc(C)o5)nc5ccccc45)cc3)sc2c1. The average Bonchev–Trinajstić information content (AvgIpc) is 3.49. The molecule has 0 saturated carbocycles. The molecule has 3 aromatic carbocycles. The summed E-state index contributed by atoms with van der Waals surface area (Å²) in [5.74, 6) is 1.23. The molecule has 1 amide bonds. The topological polar surface area (TPSA) is 68.0 Å². The van der Waals surface area contributed by atoms with Gasteiger partial charge in [-0.25, -0.2) is 9.97 Å². The summed E-state index contributed by atoms with van der Waals surface area (Å²) in [5, 5.41) is 4.78. The first kappa shape index (κ1) is 21.3. The van der Waals surface area contributed by atoms with Crippen LogP contribution in [0.4, 0.5) is 5.69 Å². The summed E-state index contributed by atoms with van der Waals surface area (Å²) in [4.78, 5) is 22.8. The van der Waals surface area contributed by atoms with Gasteiger partial charge in [0.1, 0.15) is 16.5 Å². The number of nitrogens with zero attached hydrogens (tertiary/aromatic N) is 2. The van der Waals surface area contributed by atoms with Crippen LogP contribution in [-0.2, 0) is 0 Å². The number of carbonyl (C=O) groups excluding carboxylic acids is 1. The van der Waals surface area contributed by atoms with Crippen LogP contribution in [0.2, 0.25) is 0 Å². The number of fused-ring (bicyclic) bond motifs is 2. The average molecular weight is 476 g/mol. The molecule has 3 heterocycles. The van der Waals surface area contributed by atoms with Crippen molar-refractivity contribution in [3.8, 4) is 22.0 Å². The Bertz CT molecular complexity index is 1710. The summed E-state index contributed by atoms with van der Waals surface area (Å²) in [6.07, 6.45) is 0. The second-order valence-electron chi connectivity index (χ2n) is 8.50. The van der Waals surface area contributed by atoms with E-state index in [-0.39, 0.29) is 5.91 Å². The summed E-state index contributed by atoms with van der Waals surface area (Å²) in [7, 11) is 0. The van der Waals surface area contributed by atoms with Gasteiger partial charge in [-0.1, -0.05) is 24.3 Å².